The van der Waals surface area contributed by atoms with Crippen LogP contribution in [0.2, 0.25) is 0 Å². The Morgan fingerprint density at radius 3 is 2.21 bits per heavy atom. The number of hydrogen-bond donors (Lipinski definition) is 4. The summed E-state index contributed by atoms with van der Waals surface area (Å²) in [5.74, 6) is -2.84. The molecule has 0 aromatic carbocycles. The summed E-state index contributed by atoms with van der Waals surface area (Å²) in [6.07, 6.45) is -0.0452. The van der Waals surface area contributed by atoms with Crippen LogP contribution in [0.4, 0.5) is 0 Å². The normalized spacial score (nSPS) is 12.2. The Hall–Kier alpha value is -2.20. The largest absolute Gasteiger partial charge is 0.480 e. The predicted molar refractivity (Wildman–Crippen MR) is 82.9 cm³/mol. The molecule has 0 radical (unpaired) electrons. The van der Waals surface area contributed by atoms with Gasteiger partial charge in [-0.3, -0.25) is 19.2 Å². The number of aliphatic carboxylic acids is 1. The topological polar surface area (TPSA) is 157 Å². The lowest BCUT2D eigenvalue weighted by Gasteiger charge is -2.20. The molecule has 0 spiro atoms. The molecule has 24 heavy (non-hydrogen) atoms. The van der Waals surface area contributed by atoms with Crippen LogP contribution in [0.25, 0.3) is 0 Å². The number of carboxylic acid groups (broad SMARTS) is 1. The van der Waals surface area contributed by atoms with E-state index in [1.807, 2.05) is 0 Å². The SMILES string of the molecule is CC(C)(C)OC(=O)CC(N)COCC(=O)NCC(=O)NCC(=O)O. The van der Waals surface area contributed by atoms with Gasteiger partial charge in [0.05, 0.1) is 19.6 Å². The highest BCUT2D eigenvalue weighted by atomic mass is 16.6. The molecule has 10 nitrogen and oxygen atoms in total. The molecule has 0 aliphatic carbocycles. The fourth-order valence-corrected chi connectivity index (χ4v) is 1.43. The van der Waals surface area contributed by atoms with Crippen molar-refractivity contribution in [3.05, 3.63) is 0 Å². The quantitative estimate of drug-likeness (QED) is 0.343. The minimum Gasteiger partial charge on any atom is -0.480 e. The second kappa shape index (κ2) is 10.6. The number of ether oxygens (including phenoxy) is 2. The highest BCUT2D eigenvalue weighted by Gasteiger charge is 2.19. The molecule has 0 aliphatic rings. The maximum Gasteiger partial charge on any atom is 0.322 e. The van der Waals surface area contributed by atoms with Crippen molar-refractivity contribution >= 4 is 23.8 Å². The number of carbonyl (C=O) groups is 4. The number of rotatable bonds is 10. The summed E-state index contributed by atoms with van der Waals surface area (Å²) in [4.78, 5) is 44.3. The molecule has 0 saturated carbocycles. The molecule has 5 N–H and O–H groups in total. The van der Waals surface area contributed by atoms with E-state index in [2.05, 4.69) is 10.6 Å². The van der Waals surface area contributed by atoms with Gasteiger partial charge >= 0.3 is 11.9 Å². The second-order valence-electron chi connectivity index (χ2n) is 6.01. The molecule has 138 valence electrons. The molecule has 0 fully saturated rings. The lowest BCUT2D eigenvalue weighted by molar-refractivity contribution is -0.155. The second-order valence-corrected chi connectivity index (χ2v) is 6.01. The predicted octanol–water partition coefficient (Wildman–Crippen LogP) is -1.62. The molecule has 1 atom stereocenters. The first-order valence-corrected chi connectivity index (χ1v) is 7.30. The van der Waals surface area contributed by atoms with E-state index in [4.69, 9.17) is 20.3 Å². The van der Waals surface area contributed by atoms with Gasteiger partial charge in [-0.15, -0.1) is 0 Å². The van der Waals surface area contributed by atoms with Gasteiger partial charge < -0.3 is 30.9 Å². The summed E-state index contributed by atoms with van der Waals surface area (Å²) in [5.41, 5.74) is 5.09. The third-order valence-corrected chi connectivity index (χ3v) is 2.30. The van der Waals surface area contributed by atoms with Crippen LogP contribution in [-0.4, -0.2) is 66.8 Å². The number of carboxylic acids is 1. The number of nitrogens with one attached hydrogen (secondary N) is 2. The van der Waals surface area contributed by atoms with E-state index in [0.717, 1.165) is 0 Å². The van der Waals surface area contributed by atoms with E-state index in [0.29, 0.717) is 0 Å². The number of nitrogens with two attached hydrogens (primary N) is 1. The van der Waals surface area contributed by atoms with Crippen molar-refractivity contribution in [2.45, 2.75) is 38.8 Å². The Morgan fingerprint density at radius 2 is 1.67 bits per heavy atom. The van der Waals surface area contributed by atoms with Gasteiger partial charge in [0.1, 0.15) is 18.8 Å². The number of hydrogen-bond acceptors (Lipinski definition) is 7. The third-order valence-electron chi connectivity index (χ3n) is 2.30. The summed E-state index contributed by atoms with van der Waals surface area (Å²) in [5, 5.41) is 12.7. The maximum absolute atomic E-state index is 11.5. The van der Waals surface area contributed by atoms with Crippen LogP contribution in [0.3, 0.4) is 0 Å². The van der Waals surface area contributed by atoms with Gasteiger partial charge in [-0.05, 0) is 20.8 Å². The highest BCUT2D eigenvalue weighted by molar-refractivity contribution is 5.86. The van der Waals surface area contributed by atoms with Gasteiger partial charge in [0, 0.05) is 6.04 Å². The average Bonchev–Trinajstić information content (AvgIpc) is 2.40. The molecule has 0 aliphatic heterocycles. The van der Waals surface area contributed by atoms with Gasteiger partial charge in [-0.1, -0.05) is 0 Å². The standard InChI is InChI=1S/C14H25N3O7/c1-14(2,3)24-13(22)4-9(15)7-23-8-11(19)16-5-10(18)17-6-12(20)21/h9H,4-8,15H2,1-3H3,(H,16,19)(H,17,18)(H,20,21). The number of esters is 1. The Labute approximate surface area is 140 Å². The summed E-state index contributed by atoms with van der Waals surface area (Å²) >= 11 is 0. The lowest BCUT2D eigenvalue weighted by Crippen LogP contribution is -2.40. The maximum atomic E-state index is 11.5. The lowest BCUT2D eigenvalue weighted by atomic mass is 10.2. The Kier molecular flexibility index (Phi) is 9.58. The van der Waals surface area contributed by atoms with Gasteiger partial charge in [0.2, 0.25) is 11.8 Å². The monoisotopic (exact) mass is 347 g/mol. The van der Waals surface area contributed by atoms with E-state index in [-0.39, 0.29) is 26.2 Å². The fourth-order valence-electron chi connectivity index (χ4n) is 1.43. The van der Waals surface area contributed by atoms with Gasteiger partial charge in [0.25, 0.3) is 0 Å². The van der Waals surface area contributed by atoms with E-state index in [9.17, 15) is 19.2 Å². The Balaban J connectivity index is 3.82. The Bertz CT molecular complexity index is 460. The minimum atomic E-state index is -1.18. The minimum absolute atomic E-state index is 0.0299. The molecule has 0 heterocycles. The first-order valence-electron chi connectivity index (χ1n) is 7.30. The van der Waals surface area contributed by atoms with Gasteiger partial charge in [-0.25, -0.2) is 0 Å². The first kappa shape index (κ1) is 21.8. The average molecular weight is 347 g/mol. The van der Waals surface area contributed by atoms with Crippen molar-refractivity contribution in [2.24, 2.45) is 5.73 Å². The fraction of sp³-hybridized carbons (Fsp3) is 0.714. The van der Waals surface area contributed by atoms with Crippen LogP contribution in [0, 0.1) is 0 Å². The highest BCUT2D eigenvalue weighted by Crippen LogP contribution is 2.08. The molecule has 0 bridgehead atoms. The van der Waals surface area contributed by atoms with Crippen molar-refractivity contribution in [1.29, 1.82) is 0 Å². The van der Waals surface area contributed by atoms with Crippen LogP contribution < -0.4 is 16.4 Å². The molecule has 0 aromatic rings. The van der Waals surface area contributed by atoms with Gasteiger partial charge in [0.15, 0.2) is 0 Å². The van der Waals surface area contributed by atoms with Crippen molar-refractivity contribution in [2.75, 3.05) is 26.3 Å². The zero-order valence-electron chi connectivity index (χ0n) is 14.1. The summed E-state index contributed by atoms with van der Waals surface area (Å²) in [7, 11) is 0. The van der Waals surface area contributed by atoms with E-state index >= 15 is 0 Å². The van der Waals surface area contributed by atoms with Crippen LogP contribution in [0.5, 0.6) is 0 Å². The number of carbonyl (C=O) groups excluding carboxylic acids is 3. The van der Waals surface area contributed by atoms with E-state index < -0.39 is 41.9 Å². The van der Waals surface area contributed by atoms with E-state index in [1.54, 1.807) is 20.8 Å². The third kappa shape index (κ3) is 13.5. The van der Waals surface area contributed by atoms with E-state index in [1.165, 1.54) is 0 Å². The molecule has 1 unspecified atom stereocenters. The molecule has 2 amide bonds. The summed E-state index contributed by atoms with van der Waals surface area (Å²) in [6.45, 7) is 3.97. The molecule has 10 heteroatoms. The van der Waals surface area contributed by atoms with Gasteiger partial charge in [-0.2, -0.15) is 0 Å². The molecule has 0 rings (SSSR count). The van der Waals surface area contributed by atoms with Crippen LogP contribution in [0.15, 0.2) is 0 Å². The van der Waals surface area contributed by atoms with Crippen molar-refractivity contribution in [1.82, 2.24) is 10.6 Å². The number of amides is 2. The van der Waals surface area contributed by atoms with Crippen LogP contribution >= 0.6 is 0 Å². The van der Waals surface area contributed by atoms with Crippen LogP contribution in [-0.2, 0) is 28.7 Å². The summed E-state index contributed by atoms with van der Waals surface area (Å²) < 4.78 is 10.1. The first-order chi connectivity index (χ1) is 11.0. The molecule has 0 aromatic heterocycles. The van der Waals surface area contributed by atoms with Crippen molar-refractivity contribution in [3.63, 3.8) is 0 Å². The van der Waals surface area contributed by atoms with Crippen molar-refractivity contribution in [3.8, 4) is 0 Å². The zero-order valence-corrected chi connectivity index (χ0v) is 14.1. The molecular weight excluding hydrogens is 322 g/mol. The van der Waals surface area contributed by atoms with Crippen molar-refractivity contribution < 1.29 is 33.8 Å². The Morgan fingerprint density at radius 1 is 1.08 bits per heavy atom. The molecular formula is C14H25N3O7. The molecule has 0 saturated heterocycles. The zero-order chi connectivity index (χ0) is 18.8. The smallest absolute Gasteiger partial charge is 0.322 e. The summed E-state index contributed by atoms with van der Waals surface area (Å²) in [6, 6.07) is -0.619. The van der Waals surface area contributed by atoms with Crippen LogP contribution in [0.1, 0.15) is 27.2 Å².